The summed E-state index contributed by atoms with van der Waals surface area (Å²) in [6, 6.07) is 0. The minimum atomic E-state index is 0. The van der Waals surface area contributed by atoms with Crippen molar-refractivity contribution in [3.05, 3.63) is 0 Å². The summed E-state index contributed by atoms with van der Waals surface area (Å²) in [6.07, 6.45) is 4.79. The van der Waals surface area contributed by atoms with Crippen LogP contribution in [-0.2, 0) is 0 Å². The number of hydrogen-bond donors (Lipinski definition) is 2. The normalized spacial score (nSPS) is 7.80. The molecule has 2 nitrogen and oxygen atoms in total. The Balaban J connectivity index is -0.000000245. The summed E-state index contributed by atoms with van der Waals surface area (Å²) in [5, 5.41) is 0. The second-order valence-corrected chi connectivity index (χ2v) is 1.99. The minimum Gasteiger partial charge on any atom is -1.00 e. The van der Waals surface area contributed by atoms with Gasteiger partial charge in [-0.1, -0.05) is 12.8 Å². The molecule has 0 spiro atoms. The van der Waals surface area contributed by atoms with Crippen LogP contribution in [0, 0.1) is 0 Å². The summed E-state index contributed by atoms with van der Waals surface area (Å²) >= 11 is 0. The zero-order valence-corrected chi connectivity index (χ0v) is 10.7. The van der Waals surface area contributed by atoms with E-state index in [0.717, 1.165) is 25.9 Å². The van der Waals surface area contributed by atoms with Crippen molar-refractivity contribution in [1.82, 2.24) is 0 Å². The van der Waals surface area contributed by atoms with Gasteiger partial charge < -0.3 is 23.9 Å². The van der Waals surface area contributed by atoms with Crippen molar-refractivity contribution in [3.63, 3.8) is 0 Å². The average molecular weight is 191 g/mol. The summed E-state index contributed by atoms with van der Waals surface area (Å²) in [7, 11) is 0. The van der Waals surface area contributed by atoms with Crippen molar-refractivity contribution in [2.24, 2.45) is 11.5 Å². The molecule has 10 heavy (non-hydrogen) atoms. The number of unbranched alkanes of at least 4 members (excludes halogenated alkanes) is 3. The van der Waals surface area contributed by atoms with Gasteiger partial charge in [0.2, 0.25) is 0 Å². The molecule has 0 aromatic heterocycles. The quantitative estimate of drug-likeness (QED) is 0.336. The van der Waals surface area contributed by atoms with Crippen molar-refractivity contribution >= 4 is 0 Å². The molecule has 4 heteroatoms. The third-order valence-corrected chi connectivity index (χ3v) is 1.16. The first kappa shape index (κ1) is 17.8. The van der Waals surface area contributed by atoms with Crippen molar-refractivity contribution in [1.29, 1.82) is 0 Å². The van der Waals surface area contributed by atoms with E-state index in [1.54, 1.807) is 0 Å². The Kier molecular flexibility index (Phi) is 30.4. The predicted octanol–water partition coefficient (Wildman–Crippen LogP) is -5.53. The average Bonchev–Trinajstić information content (AvgIpc) is 1.81. The molecule has 0 fully saturated rings. The monoisotopic (exact) mass is 190 g/mol. The van der Waals surface area contributed by atoms with Gasteiger partial charge in [0.1, 0.15) is 0 Å². The molecule has 0 radical (unpaired) electrons. The molecule has 0 saturated carbocycles. The smallest absolute Gasteiger partial charge is 1.00 e. The van der Waals surface area contributed by atoms with Gasteiger partial charge in [-0.15, -0.1) is 0 Å². The maximum atomic E-state index is 5.28. The van der Waals surface area contributed by atoms with E-state index in [-0.39, 0.29) is 63.8 Å². The molecule has 0 unspecified atom stereocenters. The molecule has 0 heterocycles. The van der Waals surface area contributed by atoms with Crippen LogP contribution in [0.5, 0.6) is 0 Å². The molecule has 0 aromatic carbocycles. The van der Waals surface area contributed by atoms with E-state index in [4.69, 9.17) is 11.5 Å². The van der Waals surface area contributed by atoms with Crippen LogP contribution in [0.3, 0.4) is 0 Å². The molecule has 0 atom stereocenters. The Hall–Kier alpha value is 1.85. The summed E-state index contributed by atoms with van der Waals surface area (Å²) in [5.41, 5.74) is 10.6. The molecule has 0 rings (SSSR count). The van der Waals surface area contributed by atoms with Crippen LogP contribution in [-0.4, -0.2) is 13.1 Å². The van der Waals surface area contributed by atoms with Crippen molar-refractivity contribution in [2.75, 3.05) is 13.1 Å². The number of nitrogens with two attached hydrogens (primary N) is 2. The van der Waals surface area contributed by atoms with E-state index in [1.165, 1.54) is 12.8 Å². The summed E-state index contributed by atoms with van der Waals surface area (Å²) < 4.78 is 0. The van der Waals surface area contributed by atoms with Gasteiger partial charge in [0.25, 0.3) is 0 Å². The Morgan fingerprint density at radius 1 is 0.700 bits per heavy atom. The van der Waals surface area contributed by atoms with E-state index in [0.29, 0.717) is 0 Å². The van der Waals surface area contributed by atoms with E-state index in [9.17, 15) is 0 Å². The van der Waals surface area contributed by atoms with Gasteiger partial charge in [0.05, 0.1) is 0 Å². The molecule has 0 aliphatic carbocycles. The van der Waals surface area contributed by atoms with Gasteiger partial charge >= 0.3 is 51.4 Å². The fraction of sp³-hybridized carbons (Fsp3) is 1.00. The second-order valence-electron chi connectivity index (χ2n) is 1.99. The summed E-state index contributed by atoms with van der Waals surface area (Å²) in [5.74, 6) is 0. The van der Waals surface area contributed by atoms with Crippen molar-refractivity contribution < 1.29 is 63.8 Å². The van der Waals surface area contributed by atoms with Crippen molar-refractivity contribution in [3.8, 4) is 0 Å². The maximum absolute atomic E-state index is 5.28. The first-order valence-corrected chi connectivity index (χ1v) is 3.32. The Morgan fingerprint density at radius 2 is 1.00 bits per heavy atom. The molecule has 0 saturated heterocycles. The molecular weight excluding hydrogens is 175 g/mol. The van der Waals surface area contributed by atoms with Crippen LogP contribution in [0.2, 0.25) is 0 Å². The van der Waals surface area contributed by atoms with Crippen LogP contribution >= 0.6 is 0 Å². The van der Waals surface area contributed by atoms with Gasteiger partial charge in [-0.25, -0.2) is 0 Å². The third-order valence-electron chi connectivity index (χ3n) is 1.16. The van der Waals surface area contributed by atoms with E-state index >= 15 is 0 Å². The van der Waals surface area contributed by atoms with Gasteiger partial charge in [0.15, 0.2) is 0 Å². The molecule has 58 valence electrons. The number of hydrogen-bond acceptors (Lipinski definition) is 2. The molecule has 4 N–H and O–H groups in total. The fourth-order valence-corrected chi connectivity index (χ4v) is 0.642. The standard InChI is InChI=1S/C6H16N2.ClH.K/c7-5-3-1-2-4-6-8;;/h1-8H2;1H;/q;;+1/p-1. The van der Waals surface area contributed by atoms with Gasteiger partial charge in [0, 0.05) is 0 Å². The first-order valence-electron chi connectivity index (χ1n) is 3.32. The van der Waals surface area contributed by atoms with Crippen LogP contribution < -0.4 is 75.3 Å². The van der Waals surface area contributed by atoms with Crippen molar-refractivity contribution in [2.45, 2.75) is 25.7 Å². The SMILES string of the molecule is NCCCCCCN.[Cl-].[K+]. The van der Waals surface area contributed by atoms with E-state index in [2.05, 4.69) is 0 Å². The molecule has 0 bridgehead atoms. The molecule has 0 aromatic rings. The summed E-state index contributed by atoms with van der Waals surface area (Å²) in [6.45, 7) is 1.65. The number of rotatable bonds is 5. The first-order chi connectivity index (χ1) is 3.91. The Morgan fingerprint density at radius 3 is 1.20 bits per heavy atom. The van der Waals surface area contributed by atoms with Gasteiger partial charge in [-0.2, -0.15) is 0 Å². The Labute approximate surface area is 112 Å². The zero-order chi connectivity index (χ0) is 6.24. The van der Waals surface area contributed by atoms with Crippen LogP contribution in [0.25, 0.3) is 0 Å². The van der Waals surface area contributed by atoms with Crippen LogP contribution in [0.4, 0.5) is 0 Å². The second kappa shape index (κ2) is 17.1. The molecule has 0 aliphatic heterocycles. The molecule has 0 aliphatic rings. The van der Waals surface area contributed by atoms with Gasteiger partial charge in [-0.3, -0.25) is 0 Å². The summed E-state index contributed by atoms with van der Waals surface area (Å²) in [4.78, 5) is 0. The molecular formula is C6H16ClKN2. The van der Waals surface area contributed by atoms with Crippen LogP contribution in [0.1, 0.15) is 25.7 Å². The topological polar surface area (TPSA) is 52.0 Å². The van der Waals surface area contributed by atoms with E-state index < -0.39 is 0 Å². The Bertz CT molecular complexity index is 40.7. The minimum absolute atomic E-state index is 0. The predicted molar refractivity (Wildman–Crippen MR) is 36.6 cm³/mol. The van der Waals surface area contributed by atoms with Crippen LogP contribution in [0.15, 0.2) is 0 Å². The fourth-order valence-electron chi connectivity index (χ4n) is 0.642. The largest absolute Gasteiger partial charge is 1.00 e. The molecule has 0 amide bonds. The maximum Gasteiger partial charge on any atom is 1.00 e. The zero-order valence-electron chi connectivity index (χ0n) is 6.78. The van der Waals surface area contributed by atoms with Gasteiger partial charge in [-0.05, 0) is 25.9 Å². The van der Waals surface area contributed by atoms with E-state index in [1.807, 2.05) is 0 Å². The number of halogens is 1. The third kappa shape index (κ3) is 16.4.